The molecule has 3 aromatic rings. The lowest BCUT2D eigenvalue weighted by molar-refractivity contribution is -0.113. The Morgan fingerprint density at radius 1 is 1.17 bits per heavy atom. The van der Waals surface area contributed by atoms with Gasteiger partial charge < -0.3 is 9.88 Å². The molecule has 1 aromatic carbocycles. The van der Waals surface area contributed by atoms with Crippen LogP contribution in [-0.2, 0) is 24.2 Å². The van der Waals surface area contributed by atoms with Crippen LogP contribution in [0.2, 0.25) is 0 Å². The molecule has 2 heterocycles. The SMILES string of the molecule is CCc1cccc(CC)c1NC(=O)CSc1nnc(-c2csc(C(C)C)c2)n1CC. The van der Waals surface area contributed by atoms with Gasteiger partial charge >= 0.3 is 0 Å². The Labute approximate surface area is 187 Å². The number of carbonyl (C=O) groups is 1. The third-order valence-electron chi connectivity index (χ3n) is 5.08. The summed E-state index contributed by atoms with van der Waals surface area (Å²) < 4.78 is 2.08. The van der Waals surface area contributed by atoms with Crippen molar-refractivity contribution in [2.45, 2.75) is 65.1 Å². The number of nitrogens with one attached hydrogen (secondary N) is 1. The summed E-state index contributed by atoms with van der Waals surface area (Å²) in [7, 11) is 0. The van der Waals surface area contributed by atoms with Crippen molar-refractivity contribution in [2.24, 2.45) is 0 Å². The summed E-state index contributed by atoms with van der Waals surface area (Å²) in [6.45, 7) is 11.5. The van der Waals surface area contributed by atoms with Crippen LogP contribution in [0.1, 0.15) is 56.5 Å². The number of nitrogens with zero attached hydrogens (tertiary/aromatic N) is 3. The van der Waals surface area contributed by atoms with Crippen molar-refractivity contribution in [3.05, 3.63) is 45.6 Å². The van der Waals surface area contributed by atoms with E-state index in [1.807, 2.05) is 0 Å². The summed E-state index contributed by atoms with van der Waals surface area (Å²) in [5, 5.41) is 14.8. The highest BCUT2D eigenvalue weighted by atomic mass is 32.2. The Bertz CT molecular complexity index is 984. The predicted molar refractivity (Wildman–Crippen MR) is 128 cm³/mol. The first-order chi connectivity index (χ1) is 14.5. The smallest absolute Gasteiger partial charge is 0.234 e. The molecular weight excluding hydrogens is 412 g/mol. The monoisotopic (exact) mass is 442 g/mol. The van der Waals surface area contributed by atoms with Crippen LogP contribution < -0.4 is 5.32 Å². The van der Waals surface area contributed by atoms with Crippen molar-refractivity contribution in [1.82, 2.24) is 14.8 Å². The molecule has 1 N–H and O–H groups in total. The van der Waals surface area contributed by atoms with Gasteiger partial charge in [0.05, 0.1) is 5.75 Å². The fourth-order valence-corrected chi connectivity index (χ4v) is 5.08. The molecule has 0 fully saturated rings. The summed E-state index contributed by atoms with van der Waals surface area (Å²) in [6.07, 6.45) is 1.78. The highest BCUT2D eigenvalue weighted by molar-refractivity contribution is 7.99. The first-order valence-electron chi connectivity index (χ1n) is 10.5. The number of thiophene rings is 1. The number of rotatable bonds is 9. The zero-order valence-corrected chi connectivity index (χ0v) is 20.0. The number of para-hydroxylation sites is 1. The Hall–Kier alpha value is -2.12. The van der Waals surface area contributed by atoms with E-state index in [4.69, 9.17) is 0 Å². The van der Waals surface area contributed by atoms with Crippen LogP contribution in [0.25, 0.3) is 11.4 Å². The number of aryl methyl sites for hydroxylation is 2. The van der Waals surface area contributed by atoms with Gasteiger partial charge in [0.2, 0.25) is 5.91 Å². The molecule has 0 bridgehead atoms. The van der Waals surface area contributed by atoms with Gasteiger partial charge in [0.1, 0.15) is 0 Å². The minimum absolute atomic E-state index is 0.0135. The van der Waals surface area contributed by atoms with Gasteiger partial charge in [0, 0.05) is 28.1 Å². The van der Waals surface area contributed by atoms with E-state index < -0.39 is 0 Å². The summed E-state index contributed by atoms with van der Waals surface area (Å²) in [4.78, 5) is 14.0. The van der Waals surface area contributed by atoms with Crippen LogP contribution in [0.4, 0.5) is 5.69 Å². The van der Waals surface area contributed by atoms with Gasteiger partial charge in [-0.05, 0) is 42.9 Å². The first-order valence-corrected chi connectivity index (χ1v) is 12.4. The van der Waals surface area contributed by atoms with Crippen molar-refractivity contribution in [1.29, 1.82) is 0 Å². The molecule has 0 radical (unpaired) electrons. The van der Waals surface area contributed by atoms with Crippen molar-refractivity contribution >= 4 is 34.7 Å². The molecule has 0 aliphatic rings. The topological polar surface area (TPSA) is 59.8 Å². The number of aromatic nitrogens is 3. The summed E-state index contributed by atoms with van der Waals surface area (Å²) in [5.41, 5.74) is 4.40. The zero-order valence-electron chi connectivity index (χ0n) is 18.4. The molecular formula is C23H30N4OS2. The van der Waals surface area contributed by atoms with E-state index in [9.17, 15) is 4.79 Å². The maximum atomic E-state index is 12.7. The third kappa shape index (κ3) is 4.95. The number of amides is 1. The Kier molecular flexibility index (Phi) is 7.72. The first kappa shape index (κ1) is 22.6. The molecule has 30 heavy (non-hydrogen) atoms. The molecule has 0 atom stereocenters. The quantitative estimate of drug-likeness (QED) is 0.413. The predicted octanol–water partition coefficient (Wildman–Crippen LogP) is 6.01. The van der Waals surface area contributed by atoms with Crippen LogP contribution >= 0.6 is 23.1 Å². The summed E-state index contributed by atoms with van der Waals surface area (Å²) >= 11 is 3.19. The fourth-order valence-electron chi connectivity index (χ4n) is 3.38. The maximum Gasteiger partial charge on any atom is 0.234 e. The lowest BCUT2D eigenvalue weighted by Gasteiger charge is -2.14. The lowest BCUT2D eigenvalue weighted by atomic mass is 10.0. The van der Waals surface area contributed by atoms with Crippen molar-refractivity contribution in [3.8, 4) is 11.4 Å². The number of anilines is 1. The van der Waals surface area contributed by atoms with Crippen molar-refractivity contribution in [3.63, 3.8) is 0 Å². The standard InChI is InChI=1S/C23H30N4OS2/c1-6-16-10-9-11-17(7-2)21(16)24-20(28)14-30-23-26-25-22(27(23)8-3)18-12-19(15(4)5)29-13-18/h9-13,15H,6-8,14H2,1-5H3,(H,24,28). The number of benzene rings is 1. The average molecular weight is 443 g/mol. The fraction of sp³-hybridized carbons (Fsp3) is 0.435. The second-order valence-corrected chi connectivity index (χ2v) is 9.32. The highest BCUT2D eigenvalue weighted by Crippen LogP contribution is 2.31. The van der Waals surface area contributed by atoms with Crippen LogP contribution in [0, 0.1) is 0 Å². The van der Waals surface area contributed by atoms with E-state index in [-0.39, 0.29) is 5.91 Å². The molecule has 5 nitrogen and oxygen atoms in total. The second-order valence-electron chi connectivity index (χ2n) is 7.44. The molecule has 0 saturated carbocycles. The van der Waals surface area contributed by atoms with Crippen LogP contribution in [0.3, 0.4) is 0 Å². The molecule has 0 spiro atoms. The molecule has 0 aliphatic carbocycles. The van der Waals surface area contributed by atoms with Gasteiger partial charge in [0.15, 0.2) is 11.0 Å². The molecule has 3 rings (SSSR count). The average Bonchev–Trinajstić information content (AvgIpc) is 3.39. The number of carbonyl (C=O) groups excluding carboxylic acids is 1. The van der Waals surface area contributed by atoms with E-state index in [1.54, 1.807) is 11.3 Å². The number of hydrogen-bond acceptors (Lipinski definition) is 5. The van der Waals surface area contributed by atoms with Crippen LogP contribution in [0.5, 0.6) is 0 Å². The second kappa shape index (κ2) is 10.3. The van der Waals surface area contributed by atoms with E-state index in [2.05, 4.69) is 84.3 Å². The van der Waals surface area contributed by atoms with E-state index in [0.29, 0.717) is 11.7 Å². The van der Waals surface area contributed by atoms with Gasteiger partial charge in [-0.25, -0.2) is 0 Å². The molecule has 1 amide bonds. The van der Waals surface area contributed by atoms with E-state index >= 15 is 0 Å². The van der Waals surface area contributed by atoms with E-state index in [1.165, 1.54) is 27.8 Å². The zero-order chi connectivity index (χ0) is 21.7. The van der Waals surface area contributed by atoms with Crippen molar-refractivity contribution < 1.29 is 4.79 Å². The number of hydrogen-bond donors (Lipinski definition) is 1. The van der Waals surface area contributed by atoms with E-state index in [0.717, 1.165) is 41.6 Å². The minimum atomic E-state index is -0.0135. The summed E-state index contributed by atoms with van der Waals surface area (Å²) in [6, 6.07) is 8.41. The maximum absolute atomic E-state index is 12.7. The van der Waals surface area contributed by atoms with Gasteiger partial charge in [-0.3, -0.25) is 4.79 Å². The Balaban J connectivity index is 1.72. The van der Waals surface area contributed by atoms with Crippen LogP contribution in [-0.4, -0.2) is 26.4 Å². The molecule has 7 heteroatoms. The Morgan fingerprint density at radius 3 is 2.43 bits per heavy atom. The van der Waals surface area contributed by atoms with Gasteiger partial charge in [-0.2, -0.15) is 0 Å². The normalized spacial score (nSPS) is 11.3. The Morgan fingerprint density at radius 2 is 1.87 bits per heavy atom. The molecule has 0 aliphatic heterocycles. The number of thioether (sulfide) groups is 1. The van der Waals surface area contributed by atoms with Crippen LogP contribution in [0.15, 0.2) is 34.8 Å². The summed E-state index contributed by atoms with van der Waals surface area (Å²) in [5.74, 6) is 1.66. The van der Waals surface area contributed by atoms with Gasteiger partial charge in [-0.15, -0.1) is 21.5 Å². The molecule has 2 aromatic heterocycles. The molecule has 0 unspecified atom stereocenters. The highest BCUT2D eigenvalue weighted by Gasteiger charge is 2.17. The molecule has 0 saturated heterocycles. The largest absolute Gasteiger partial charge is 0.325 e. The minimum Gasteiger partial charge on any atom is -0.325 e. The molecule has 160 valence electrons. The third-order valence-corrected chi connectivity index (χ3v) is 7.28. The van der Waals surface area contributed by atoms with Gasteiger partial charge in [-0.1, -0.05) is 57.7 Å². The lowest BCUT2D eigenvalue weighted by Crippen LogP contribution is -2.17. The van der Waals surface area contributed by atoms with Gasteiger partial charge in [0.25, 0.3) is 0 Å². The van der Waals surface area contributed by atoms with Crippen molar-refractivity contribution in [2.75, 3.05) is 11.1 Å².